The minimum Gasteiger partial charge on any atom is -0.481 e. The molecule has 0 bridgehead atoms. The molecule has 14 heavy (non-hydrogen) atoms. The molecule has 76 valence electrons. The number of rotatable bonds is 5. The summed E-state index contributed by atoms with van der Waals surface area (Å²) in [5.41, 5.74) is 0.944. The van der Waals surface area contributed by atoms with Crippen molar-refractivity contribution >= 4 is 17.6 Å². The molecular weight excluding hydrogens is 202 g/mol. The lowest BCUT2D eigenvalue weighted by Gasteiger charge is -2.07. The number of carboxylic acids is 1. The number of aliphatic carboxylic acids is 1. The topological polar surface area (TPSA) is 50.2 Å². The molecule has 0 aliphatic rings. The number of hydrogen-bond donors (Lipinski definition) is 1. The first-order chi connectivity index (χ1) is 6.70. The summed E-state index contributed by atoms with van der Waals surface area (Å²) >= 11 is 6.06. The molecule has 0 saturated heterocycles. The van der Waals surface area contributed by atoms with Gasteiger partial charge >= 0.3 is 5.97 Å². The minimum atomic E-state index is -0.778. The van der Waals surface area contributed by atoms with E-state index in [0.29, 0.717) is 12.8 Å². The quantitative estimate of drug-likeness (QED) is 0.765. The highest BCUT2D eigenvalue weighted by molar-refractivity contribution is 6.20. The van der Waals surface area contributed by atoms with Gasteiger partial charge in [0, 0.05) is 18.8 Å². The number of carboxylic acid groups (broad SMARTS) is 1. The highest BCUT2D eigenvalue weighted by Gasteiger charge is 2.08. The van der Waals surface area contributed by atoms with Gasteiger partial charge in [-0.2, -0.15) is 0 Å². The third kappa shape index (κ3) is 3.75. The summed E-state index contributed by atoms with van der Waals surface area (Å²) in [5, 5.41) is 8.31. The van der Waals surface area contributed by atoms with Crippen molar-refractivity contribution in [2.24, 2.45) is 0 Å². The van der Waals surface area contributed by atoms with Crippen LogP contribution in [0.4, 0.5) is 0 Å². The molecule has 0 spiro atoms. The fourth-order valence-corrected chi connectivity index (χ4v) is 1.44. The zero-order valence-electron chi connectivity index (χ0n) is 7.69. The van der Waals surface area contributed by atoms with E-state index < -0.39 is 5.97 Å². The molecule has 1 atom stereocenters. The van der Waals surface area contributed by atoms with Gasteiger partial charge in [-0.05, 0) is 24.5 Å². The first-order valence-electron chi connectivity index (χ1n) is 4.46. The predicted octanol–water partition coefficient (Wildman–Crippen LogP) is 2.62. The molecule has 0 radical (unpaired) electrons. The van der Waals surface area contributed by atoms with Crippen LogP contribution in [0.25, 0.3) is 0 Å². The molecule has 3 nitrogen and oxygen atoms in total. The van der Waals surface area contributed by atoms with Gasteiger partial charge in [0.15, 0.2) is 0 Å². The van der Waals surface area contributed by atoms with Crippen LogP contribution in [0.2, 0.25) is 0 Å². The molecule has 1 heterocycles. The van der Waals surface area contributed by atoms with Gasteiger partial charge in [-0.25, -0.2) is 0 Å². The van der Waals surface area contributed by atoms with E-state index in [4.69, 9.17) is 16.7 Å². The predicted molar refractivity (Wildman–Crippen MR) is 54.3 cm³/mol. The van der Waals surface area contributed by atoms with E-state index in [1.807, 2.05) is 12.1 Å². The maximum Gasteiger partial charge on any atom is 0.303 e. The second-order valence-electron chi connectivity index (χ2n) is 3.04. The summed E-state index contributed by atoms with van der Waals surface area (Å²) in [6.07, 6.45) is 4.82. The second-order valence-corrected chi connectivity index (χ2v) is 3.57. The monoisotopic (exact) mass is 213 g/mol. The summed E-state index contributed by atoms with van der Waals surface area (Å²) in [7, 11) is 0. The molecule has 1 unspecified atom stereocenters. The van der Waals surface area contributed by atoms with Gasteiger partial charge in [0.1, 0.15) is 0 Å². The molecule has 1 rings (SSSR count). The van der Waals surface area contributed by atoms with Gasteiger partial charge in [0.25, 0.3) is 0 Å². The maximum absolute atomic E-state index is 10.3. The SMILES string of the molecule is O=C(O)CCCC(Cl)c1cccnc1. The Morgan fingerprint density at radius 1 is 1.64 bits per heavy atom. The lowest BCUT2D eigenvalue weighted by Crippen LogP contribution is -1.97. The van der Waals surface area contributed by atoms with Crippen molar-refractivity contribution in [3.05, 3.63) is 30.1 Å². The first kappa shape index (κ1) is 11.0. The van der Waals surface area contributed by atoms with Crippen molar-refractivity contribution in [2.75, 3.05) is 0 Å². The lowest BCUT2D eigenvalue weighted by molar-refractivity contribution is -0.137. The second kappa shape index (κ2) is 5.60. The Balaban J connectivity index is 2.36. The standard InChI is InChI=1S/C10H12ClNO2/c11-9(4-1-5-10(13)14)8-3-2-6-12-7-8/h2-3,6-7,9H,1,4-5H2,(H,13,14). The van der Waals surface area contributed by atoms with Crippen LogP contribution in [-0.2, 0) is 4.79 Å². The van der Waals surface area contributed by atoms with Crippen LogP contribution < -0.4 is 0 Å². The number of hydrogen-bond acceptors (Lipinski definition) is 2. The average molecular weight is 214 g/mol. The van der Waals surface area contributed by atoms with Crippen LogP contribution in [0, 0.1) is 0 Å². The van der Waals surface area contributed by atoms with Crippen LogP contribution in [0.15, 0.2) is 24.5 Å². The number of nitrogens with zero attached hydrogens (tertiary/aromatic N) is 1. The Hall–Kier alpha value is -1.09. The zero-order chi connectivity index (χ0) is 10.4. The number of alkyl halides is 1. The molecule has 0 saturated carbocycles. The van der Waals surface area contributed by atoms with Crippen molar-refractivity contribution in [1.29, 1.82) is 0 Å². The Morgan fingerprint density at radius 3 is 3.00 bits per heavy atom. The highest BCUT2D eigenvalue weighted by Crippen LogP contribution is 2.24. The maximum atomic E-state index is 10.3. The largest absolute Gasteiger partial charge is 0.481 e. The highest BCUT2D eigenvalue weighted by atomic mass is 35.5. The van der Waals surface area contributed by atoms with Crippen molar-refractivity contribution in [3.8, 4) is 0 Å². The van der Waals surface area contributed by atoms with E-state index >= 15 is 0 Å². The van der Waals surface area contributed by atoms with E-state index in [0.717, 1.165) is 5.56 Å². The Labute approximate surface area is 87.7 Å². The molecule has 0 amide bonds. The number of halogens is 1. The van der Waals surface area contributed by atoms with E-state index in [9.17, 15) is 4.79 Å². The van der Waals surface area contributed by atoms with Crippen LogP contribution in [0.5, 0.6) is 0 Å². The van der Waals surface area contributed by atoms with Crippen molar-refractivity contribution in [3.63, 3.8) is 0 Å². The van der Waals surface area contributed by atoms with Gasteiger partial charge in [-0.3, -0.25) is 9.78 Å². The number of aromatic nitrogens is 1. The summed E-state index contributed by atoms with van der Waals surface area (Å²) in [4.78, 5) is 14.2. The van der Waals surface area contributed by atoms with Crippen molar-refractivity contribution < 1.29 is 9.90 Å². The lowest BCUT2D eigenvalue weighted by atomic mass is 10.1. The van der Waals surface area contributed by atoms with Gasteiger partial charge in [-0.1, -0.05) is 6.07 Å². The summed E-state index contributed by atoms with van der Waals surface area (Å²) < 4.78 is 0. The molecule has 0 aliphatic heterocycles. The molecule has 1 N–H and O–H groups in total. The number of carbonyl (C=O) groups is 1. The Morgan fingerprint density at radius 2 is 2.43 bits per heavy atom. The van der Waals surface area contributed by atoms with Gasteiger partial charge < -0.3 is 5.11 Å². The van der Waals surface area contributed by atoms with E-state index in [1.165, 1.54) is 0 Å². The van der Waals surface area contributed by atoms with Gasteiger partial charge in [0.2, 0.25) is 0 Å². The molecular formula is C10H12ClNO2. The Bertz CT molecular complexity index is 289. The summed E-state index contributed by atoms with van der Waals surface area (Å²) in [6, 6.07) is 3.72. The van der Waals surface area contributed by atoms with E-state index in [2.05, 4.69) is 4.98 Å². The van der Waals surface area contributed by atoms with Crippen LogP contribution in [0.1, 0.15) is 30.2 Å². The molecule has 1 aromatic heterocycles. The summed E-state index contributed by atoms with van der Waals surface area (Å²) in [6.45, 7) is 0. The van der Waals surface area contributed by atoms with Crippen molar-refractivity contribution in [2.45, 2.75) is 24.6 Å². The number of pyridine rings is 1. The Kier molecular flexibility index (Phi) is 4.40. The van der Waals surface area contributed by atoms with Gasteiger partial charge in [0.05, 0.1) is 5.38 Å². The first-order valence-corrected chi connectivity index (χ1v) is 4.89. The van der Waals surface area contributed by atoms with Crippen LogP contribution in [0.3, 0.4) is 0 Å². The smallest absolute Gasteiger partial charge is 0.303 e. The van der Waals surface area contributed by atoms with Crippen LogP contribution in [-0.4, -0.2) is 16.1 Å². The third-order valence-electron chi connectivity index (χ3n) is 1.89. The molecule has 1 aromatic rings. The normalized spacial score (nSPS) is 12.4. The molecule has 4 heteroatoms. The fourth-order valence-electron chi connectivity index (χ4n) is 1.16. The molecule has 0 aliphatic carbocycles. The average Bonchev–Trinajstić information content (AvgIpc) is 2.18. The van der Waals surface area contributed by atoms with E-state index in [1.54, 1.807) is 12.4 Å². The minimum absolute atomic E-state index is 0.136. The zero-order valence-corrected chi connectivity index (χ0v) is 8.44. The summed E-state index contributed by atoms with van der Waals surface area (Å²) in [5.74, 6) is -0.778. The van der Waals surface area contributed by atoms with Crippen LogP contribution >= 0.6 is 11.6 Å². The molecule has 0 aromatic carbocycles. The molecule has 0 fully saturated rings. The van der Waals surface area contributed by atoms with Crippen molar-refractivity contribution in [1.82, 2.24) is 4.98 Å². The van der Waals surface area contributed by atoms with Gasteiger partial charge in [-0.15, -0.1) is 11.6 Å². The van der Waals surface area contributed by atoms with E-state index in [-0.39, 0.29) is 11.8 Å². The third-order valence-corrected chi connectivity index (χ3v) is 2.36. The fraction of sp³-hybridized carbons (Fsp3) is 0.400.